The van der Waals surface area contributed by atoms with Gasteiger partial charge in [0.05, 0.1) is 16.5 Å². The van der Waals surface area contributed by atoms with E-state index in [0.717, 1.165) is 5.56 Å². The van der Waals surface area contributed by atoms with E-state index in [1.54, 1.807) is 36.4 Å². The van der Waals surface area contributed by atoms with Gasteiger partial charge in [-0.1, -0.05) is 42.2 Å². The highest BCUT2D eigenvalue weighted by atomic mass is 32.2. The molecule has 2 aromatic rings. The van der Waals surface area contributed by atoms with Gasteiger partial charge in [-0.05, 0) is 24.3 Å². The van der Waals surface area contributed by atoms with E-state index in [1.807, 2.05) is 12.1 Å². The molecule has 1 saturated heterocycles. The third kappa shape index (κ3) is 3.04. The van der Waals surface area contributed by atoms with Crippen molar-refractivity contribution in [2.24, 2.45) is 0 Å². The lowest BCUT2D eigenvalue weighted by atomic mass is 10.1. The highest BCUT2D eigenvalue weighted by molar-refractivity contribution is 8.26. The summed E-state index contributed by atoms with van der Waals surface area (Å²) >= 11 is 6.44. The number of thiocarbonyl (C=S) groups is 1. The summed E-state index contributed by atoms with van der Waals surface area (Å²) in [4.78, 5) is 14.3. The van der Waals surface area contributed by atoms with Gasteiger partial charge in [0.1, 0.15) is 15.8 Å². The molecule has 0 unspecified atom stereocenters. The van der Waals surface area contributed by atoms with Crippen LogP contribution in [0.25, 0.3) is 17.4 Å². The molecule has 24 heavy (non-hydrogen) atoms. The van der Waals surface area contributed by atoms with Crippen molar-refractivity contribution >= 4 is 40.3 Å². The Kier molecular flexibility index (Phi) is 4.65. The minimum absolute atomic E-state index is 0.153. The molecule has 0 bridgehead atoms. The number of rotatable bonds is 4. The fraction of sp³-hybridized carbons (Fsp3) is 0.0556. The van der Waals surface area contributed by atoms with E-state index in [0.29, 0.717) is 32.9 Å². The van der Waals surface area contributed by atoms with Crippen LogP contribution >= 0.6 is 24.0 Å². The first-order chi connectivity index (χ1) is 11.6. The zero-order valence-corrected chi connectivity index (χ0v) is 14.2. The molecule has 1 fully saturated rings. The van der Waals surface area contributed by atoms with Gasteiger partial charge in [-0.25, -0.2) is 0 Å². The van der Waals surface area contributed by atoms with Crippen molar-refractivity contribution in [1.29, 1.82) is 5.26 Å². The zero-order valence-electron chi connectivity index (χ0n) is 12.6. The molecule has 4 nitrogen and oxygen atoms in total. The smallest absolute Gasteiger partial charge is 0.266 e. The molecule has 118 valence electrons. The maximum absolute atomic E-state index is 12.3. The number of benzene rings is 1. The van der Waals surface area contributed by atoms with Crippen LogP contribution in [0.15, 0.2) is 58.4 Å². The third-order valence-corrected chi connectivity index (χ3v) is 4.78. The second-order valence-electron chi connectivity index (χ2n) is 4.94. The summed E-state index contributed by atoms with van der Waals surface area (Å²) in [6.07, 6.45) is 3.30. The van der Waals surface area contributed by atoms with Gasteiger partial charge in [0.25, 0.3) is 5.91 Å². The summed E-state index contributed by atoms with van der Waals surface area (Å²) in [5.41, 5.74) is 1.26. The van der Waals surface area contributed by atoms with E-state index >= 15 is 0 Å². The average molecular weight is 352 g/mol. The van der Waals surface area contributed by atoms with Gasteiger partial charge < -0.3 is 4.42 Å². The molecule has 6 heteroatoms. The average Bonchev–Trinajstić information content (AvgIpc) is 3.15. The van der Waals surface area contributed by atoms with Crippen LogP contribution in [0.4, 0.5) is 0 Å². The molecule has 0 saturated carbocycles. The molecular formula is C18H12N2O2S2. The van der Waals surface area contributed by atoms with Crippen molar-refractivity contribution in [2.75, 3.05) is 6.54 Å². The van der Waals surface area contributed by atoms with Crippen molar-refractivity contribution in [1.82, 2.24) is 4.90 Å². The Morgan fingerprint density at radius 2 is 2.12 bits per heavy atom. The lowest BCUT2D eigenvalue weighted by Gasteiger charge is -2.10. The minimum Gasteiger partial charge on any atom is -0.457 e. The van der Waals surface area contributed by atoms with Crippen molar-refractivity contribution in [3.05, 3.63) is 65.3 Å². The Labute approximate surface area is 149 Å². The van der Waals surface area contributed by atoms with Crippen LogP contribution in [0.2, 0.25) is 0 Å². The van der Waals surface area contributed by atoms with Crippen LogP contribution in [0.5, 0.6) is 0 Å². The fourth-order valence-electron chi connectivity index (χ4n) is 2.29. The Morgan fingerprint density at radius 1 is 1.33 bits per heavy atom. The molecule has 0 aliphatic carbocycles. The van der Waals surface area contributed by atoms with Crippen molar-refractivity contribution < 1.29 is 9.21 Å². The number of amides is 1. The van der Waals surface area contributed by atoms with Gasteiger partial charge in [0, 0.05) is 18.2 Å². The van der Waals surface area contributed by atoms with Crippen molar-refractivity contribution in [3.8, 4) is 17.4 Å². The predicted octanol–water partition coefficient (Wildman–Crippen LogP) is 4.21. The fourth-order valence-corrected chi connectivity index (χ4v) is 3.54. The Bertz CT molecular complexity index is 906. The molecule has 1 aromatic carbocycles. The predicted molar refractivity (Wildman–Crippen MR) is 98.9 cm³/mol. The molecule has 1 aliphatic heterocycles. The largest absolute Gasteiger partial charge is 0.457 e. The van der Waals surface area contributed by atoms with Crippen molar-refractivity contribution in [2.45, 2.75) is 0 Å². The van der Waals surface area contributed by atoms with Crippen molar-refractivity contribution in [3.63, 3.8) is 0 Å². The van der Waals surface area contributed by atoms with Gasteiger partial charge in [-0.15, -0.1) is 6.58 Å². The maximum Gasteiger partial charge on any atom is 0.266 e. The van der Waals surface area contributed by atoms with Crippen LogP contribution in [-0.4, -0.2) is 21.7 Å². The van der Waals surface area contributed by atoms with Gasteiger partial charge in [-0.2, -0.15) is 5.26 Å². The molecule has 1 amide bonds. The topological polar surface area (TPSA) is 57.2 Å². The number of carbonyl (C=O) groups excluding carboxylic acids is 1. The van der Waals surface area contributed by atoms with E-state index in [2.05, 4.69) is 12.6 Å². The number of nitriles is 1. The van der Waals surface area contributed by atoms with Gasteiger partial charge in [-0.3, -0.25) is 9.69 Å². The Hall–Kier alpha value is -2.62. The summed E-state index contributed by atoms with van der Waals surface area (Å²) in [6.45, 7) is 4.02. The second-order valence-corrected chi connectivity index (χ2v) is 6.62. The maximum atomic E-state index is 12.3. The molecular weight excluding hydrogens is 340 g/mol. The zero-order chi connectivity index (χ0) is 17.1. The highest BCUT2D eigenvalue weighted by Gasteiger charge is 2.31. The molecule has 2 heterocycles. The lowest BCUT2D eigenvalue weighted by Crippen LogP contribution is -2.27. The quantitative estimate of drug-likeness (QED) is 0.469. The van der Waals surface area contributed by atoms with Gasteiger partial charge in [0.15, 0.2) is 0 Å². The van der Waals surface area contributed by atoms with E-state index < -0.39 is 0 Å². The summed E-state index contributed by atoms with van der Waals surface area (Å²) in [7, 11) is 0. The van der Waals surface area contributed by atoms with Crippen LogP contribution in [0.1, 0.15) is 11.3 Å². The van der Waals surface area contributed by atoms with Crippen LogP contribution in [0, 0.1) is 11.3 Å². The third-order valence-electron chi connectivity index (χ3n) is 3.40. The number of furan rings is 1. The second kappa shape index (κ2) is 6.87. The van der Waals surface area contributed by atoms with Crippen LogP contribution < -0.4 is 0 Å². The number of hydrogen-bond acceptors (Lipinski definition) is 5. The number of hydrogen-bond donors (Lipinski definition) is 0. The van der Waals surface area contributed by atoms with Gasteiger partial charge >= 0.3 is 0 Å². The molecule has 1 aromatic heterocycles. The van der Waals surface area contributed by atoms with E-state index in [1.165, 1.54) is 16.7 Å². The lowest BCUT2D eigenvalue weighted by molar-refractivity contribution is -0.121. The van der Waals surface area contributed by atoms with Crippen LogP contribution in [0.3, 0.4) is 0 Å². The molecule has 0 N–H and O–H groups in total. The first kappa shape index (κ1) is 16.2. The van der Waals surface area contributed by atoms with E-state index in [4.69, 9.17) is 16.6 Å². The summed E-state index contributed by atoms with van der Waals surface area (Å²) in [5, 5.41) is 9.18. The molecule has 1 aliphatic rings. The Morgan fingerprint density at radius 3 is 2.88 bits per heavy atom. The molecule has 0 atom stereocenters. The first-order valence-corrected chi connectivity index (χ1v) is 8.32. The SMILES string of the molecule is C=CCN1C(=O)C(=Cc2ccc(-c3ccccc3C#N)o2)SC1=S. The highest BCUT2D eigenvalue weighted by Crippen LogP contribution is 2.33. The normalized spacial score (nSPS) is 15.8. The van der Waals surface area contributed by atoms with Crippen LogP contribution in [-0.2, 0) is 4.79 Å². The standard InChI is InChI=1S/C18H12N2O2S2/c1-2-9-20-17(21)16(24-18(20)23)10-13-7-8-15(22-13)14-6-4-3-5-12(14)11-19/h2-8,10H,1,9H2. The monoisotopic (exact) mass is 352 g/mol. The minimum atomic E-state index is -0.153. The number of nitrogens with zero attached hydrogens (tertiary/aromatic N) is 2. The molecule has 0 radical (unpaired) electrons. The van der Waals surface area contributed by atoms with E-state index in [-0.39, 0.29) is 5.91 Å². The molecule has 3 rings (SSSR count). The van der Waals surface area contributed by atoms with Gasteiger partial charge in [0.2, 0.25) is 0 Å². The number of carbonyl (C=O) groups is 1. The summed E-state index contributed by atoms with van der Waals surface area (Å²) in [5.74, 6) is 0.970. The summed E-state index contributed by atoms with van der Waals surface area (Å²) < 4.78 is 6.29. The molecule has 0 spiro atoms. The Balaban J connectivity index is 1.90. The summed E-state index contributed by atoms with van der Waals surface area (Å²) in [6, 6.07) is 12.9. The number of thioether (sulfide) groups is 1. The van der Waals surface area contributed by atoms with E-state index in [9.17, 15) is 10.1 Å². The first-order valence-electron chi connectivity index (χ1n) is 7.09.